The van der Waals surface area contributed by atoms with Crippen molar-refractivity contribution in [2.45, 2.75) is 19.9 Å². The van der Waals surface area contributed by atoms with E-state index in [4.69, 9.17) is 5.26 Å². The van der Waals surface area contributed by atoms with Gasteiger partial charge >= 0.3 is 0 Å². The van der Waals surface area contributed by atoms with Gasteiger partial charge in [-0.2, -0.15) is 10.4 Å². The van der Waals surface area contributed by atoms with Crippen molar-refractivity contribution >= 4 is 22.6 Å². The highest BCUT2D eigenvalue weighted by molar-refractivity contribution is 6.04. The van der Waals surface area contributed by atoms with E-state index in [2.05, 4.69) is 15.4 Å². The predicted octanol–water partition coefficient (Wildman–Crippen LogP) is 3.14. The molecule has 0 saturated carbocycles. The highest BCUT2D eigenvalue weighted by Gasteiger charge is 2.15. The first-order chi connectivity index (χ1) is 11.1. The highest BCUT2D eigenvalue weighted by atomic mass is 16.2. The Labute approximate surface area is 133 Å². The van der Waals surface area contributed by atoms with E-state index in [1.807, 2.05) is 50.2 Å². The number of carbonyl (C=O) groups excluding carboxylic acids is 1. The zero-order chi connectivity index (χ0) is 16.4. The maximum absolute atomic E-state index is 12.4. The Hall–Kier alpha value is -3.20. The summed E-state index contributed by atoms with van der Waals surface area (Å²) in [6.45, 7) is 3.90. The minimum atomic E-state index is -0.388. The van der Waals surface area contributed by atoms with Crippen LogP contribution in [0.3, 0.4) is 0 Å². The third-order valence-corrected chi connectivity index (χ3v) is 3.44. The smallest absolute Gasteiger partial charge is 0.275 e. The summed E-state index contributed by atoms with van der Waals surface area (Å²) in [5.41, 5.74) is 1.35. The molecule has 0 bridgehead atoms. The number of rotatable bonds is 3. The van der Waals surface area contributed by atoms with Crippen LogP contribution < -0.4 is 5.32 Å². The minimum absolute atomic E-state index is 0.103. The molecule has 0 aliphatic heterocycles. The fraction of sp³-hybridized carbons (Fsp3) is 0.176. The summed E-state index contributed by atoms with van der Waals surface area (Å²) < 4.78 is 1.64. The molecule has 0 radical (unpaired) electrons. The molecule has 1 aromatic carbocycles. The second kappa shape index (κ2) is 5.89. The number of hydrogen-bond acceptors (Lipinski definition) is 4. The Bertz CT molecular complexity index is 920. The van der Waals surface area contributed by atoms with E-state index in [0.29, 0.717) is 5.56 Å². The van der Waals surface area contributed by atoms with Gasteiger partial charge in [-0.25, -0.2) is 4.98 Å². The Kier molecular flexibility index (Phi) is 3.77. The second-order valence-corrected chi connectivity index (χ2v) is 5.42. The zero-order valence-electron chi connectivity index (χ0n) is 12.8. The van der Waals surface area contributed by atoms with Crippen LogP contribution in [-0.2, 0) is 0 Å². The largest absolute Gasteiger partial charge is 0.303 e. The van der Waals surface area contributed by atoms with Crippen molar-refractivity contribution in [1.29, 1.82) is 5.26 Å². The van der Waals surface area contributed by atoms with Gasteiger partial charge in [0.05, 0.1) is 5.52 Å². The molecule has 0 atom stereocenters. The summed E-state index contributed by atoms with van der Waals surface area (Å²) in [5.74, 6) is -0.137. The third-order valence-electron chi connectivity index (χ3n) is 3.44. The fourth-order valence-electron chi connectivity index (χ4n) is 2.19. The Morgan fingerprint density at radius 2 is 2.04 bits per heavy atom. The van der Waals surface area contributed by atoms with Gasteiger partial charge in [-0.3, -0.25) is 9.48 Å². The van der Waals surface area contributed by atoms with Crippen molar-refractivity contribution in [1.82, 2.24) is 14.8 Å². The summed E-state index contributed by atoms with van der Waals surface area (Å²) in [6.07, 6.45) is 1.62. The predicted molar refractivity (Wildman–Crippen MR) is 87.0 cm³/mol. The van der Waals surface area contributed by atoms with Crippen molar-refractivity contribution < 1.29 is 4.79 Å². The summed E-state index contributed by atoms with van der Waals surface area (Å²) in [5, 5.41) is 17.0. The maximum Gasteiger partial charge on any atom is 0.275 e. The van der Waals surface area contributed by atoms with E-state index in [1.165, 1.54) is 0 Å². The number of para-hydroxylation sites is 1. The summed E-state index contributed by atoms with van der Waals surface area (Å²) in [7, 11) is 0. The molecule has 0 aliphatic rings. The molecule has 3 aromatic rings. The molecular formula is C17H15N5O. The number of aromatic nitrogens is 3. The lowest BCUT2D eigenvalue weighted by Gasteiger charge is -2.05. The number of carbonyl (C=O) groups is 1. The molecule has 3 rings (SSSR count). The summed E-state index contributed by atoms with van der Waals surface area (Å²) >= 11 is 0. The summed E-state index contributed by atoms with van der Waals surface area (Å²) in [4.78, 5) is 16.7. The molecule has 6 nitrogen and oxygen atoms in total. The Balaban J connectivity index is 1.90. The van der Waals surface area contributed by atoms with Gasteiger partial charge in [0.1, 0.15) is 17.3 Å². The van der Waals surface area contributed by atoms with Crippen LogP contribution in [0, 0.1) is 11.3 Å². The standard InChI is InChI=1S/C17H15N5O/c1-11(2)22-10-13(9-18)16(21-22)20-17(23)15-8-7-12-5-3-4-6-14(12)19-15/h3-8,10-11H,1-2H3,(H,20,21,23). The van der Waals surface area contributed by atoms with Crippen LogP contribution in [0.5, 0.6) is 0 Å². The lowest BCUT2D eigenvalue weighted by Crippen LogP contribution is -2.15. The minimum Gasteiger partial charge on any atom is -0.303 e. The molecule has 0 aliphatic carbocycles. The number of nitriles is 1. The molecule has 0 fully saturated rings. The van der Waals surface area contributed by atoms with E-state index >= 15 is 0 Å². The molecule has 23 heavy (non-hydrogen) atoms. The van der Waals surface area contributed by atoms with E-state index in [-0.39, 0.29) is 23.5 Å². The molecule has 2 heterocycles. The van der Waals surface area contributed by atoms with Gasteiger partial charge in [0.2, 0.25) is 0 Å². The van der Waals surface area contributed by atoms with Gasteiger partial charge in [0.15, 0.2) is 5.82 Å². The number of benzene rings is 1. The van der Waals surface area contributed by atoms with Crippen LogP contribution in [0.4, 0.5) is 5.82 Å². The highest BCUT2D eigenvalue weighted by Crippen LogP contribution is 2.17. The maximum atomic E-state index is 12.4. The zero-order valence-corrected chi connectivity index (χ0v) is 12.8. The second-order valence-electron chi connectivity index (χ2n) is 5.42. The number of amides is 1. The number of anilines is 1. The van der Waals surface area contributed by atoms with Gasteiger partial charge in [-0.15, -0.1) is 0 Å². The first kappa shape index (κ1) is 14.7. The normalized spacial score (nSPS) is 10.7. The van der Waals surface area contributed by atoms with Gasteiger partial charge in [0, 0.05) is 17.6 Å². The first-order valence-corrected chi connectivity index (χ1v) is 7.25. The van der Waals surface area contributed by atoms with Crippen LogP contribution >= 0.6 is 0 Å². The monoisotopic (exact) mass is 305 g/mol. The van der Waals surface area contributed by atoms with Crippen LogP contribution in [0.15, 0.2) is 42.6 Å². The average molecular weight is 305 g/mol. The van der Waals surface area contributed by atoms with Crippen LogP contribution in [-0.4, -0.2) is 20.7 Å². The molecule has 114 valence electrons. The number of nitrogens with zero attached hydrogens (tertiary/aromatic N) is 4. The Morgan fingerprint density at radius 3 is 2.78 bits per heavy atom. The van der Waals surface area contributed by atoms with Crippen molar-refractivity contribution in [2.75, 3.05) is 5.32 Å². The van der Waals surface area contributed by atoms with E-state index < -0.39 is 0 Å². The lowest BCUT2D eigenvalue weighted by molar-refractivity contribution is 0.102. The third kappa shape index (κ3) is 2.90. The Morgan fingerprint density at radius 1 is 1.26 bits per heavy atom. The number of fused-ring (bicyclic) bond motifs is 1. The van der Waals surface area contributed by atoms with Crippen LogP contribution in [0.2, 0.25) is 0 Å². The SMILES string of the molecule is CC(C)n1cc(C#N)c(NC(=O)c2ccc3ccccc3n2)n1. The molecule has 0 spiro atoms. The average Bonchev–Trinajstić information content (AvgIpc) is 2.97. The van der Waals surface area contributed by atoms with Crippen LogP contribution in [0.1, 0.15) is 35.9 Å². The molecular weight excluding hydrogens is 290 g/mol. The van der Waals surface area contributed by atoms with Gasteiger partial charge in [0.25, 0.3) is 5.91 Å². The van der Waals surface area contributed by atoms with Gasteiger partial charge in [-0.1, -0.05) is 24.3 Å². The van der Waals surface area contributed by atoms with Crippen molar-refractivity contribution in [3.63, 3.8) is 0 Å². The number of pyridine rings is 1. The molecule has 0 unspecified atom stereocenters. The van der Waals surface area contributed by atoms with Crippen molar-refractivity contribution in [3.8, 4) is 6.07 Å². The number of hydrogen-bond donors (Lipinski definition) is 1. The summed E-state index contributed by atoms with van der Waals surface area (Å²) in [6, 6.07) is 13.2. The van der Waals surface area contributed by atoms with Crippen molar-refractivity contribution in [3.05, 3.63) is 53.9 Å². The lowest BCUT2D eigenvalue weighted by atomic mass is 10.2. The number of nitrogens with one attached hydrogen (secondary N) is 1. The van der Waals surface area contributed by atoms with Crippen molar-refractivity contribution in [2.24, 2.45) is 0 Å². The van der Waals surface area contributed by atoms with E-state index in [9.17, 15) is 4.79 Å². The molecule has 1 amide bonds. The fourth-order valence-corrected chi connectivity index (χ4v) is 2.19. The topological polar surface area (TPSA) is 83.6 Å². The van der Waals surface area contributed by atoms with Crippen LogP contribution in [0.25, 0.3) is 10.9 Å². The molecule has 6 heteroatoms. The molecule has 1 N–H and O–H groups in total. The molecule has 0 saturated heterocycles. The van der Waals surface area contributed by atoms with Gasteiger partial charge in [-0.05, 0) is 26.0 Å². The molecule has 2 aromatic heterocycles. The quantitative estimate of drug-likeness (QED) is 0.805. The first-order valence-electron chi connectivity index (χ1n) is 7.25. The van der Waals surface area contributed by atoms with E-state index in [1.54, 1.807) is 16.9 Å². The van der Waals surface area contributed by atoms with Gasteiger partial charge < -0.3 is 5.32 Å². The van der Waals surface area contributed by atoms with E-state index in [0.717, 1.165) is 10.9 Å².